The Morgan fingerprint density at radius 3 is 2.35 bits per heavy atom. The van der Waals surface area contributed by atoms with E-state index in [-0.39, 0.29) is 11.6 Å². The summed E-state index contributed by atoms with van der Waals surface area (Å²) < 4.78 is 10.9. The fourth-order valence-electron chi connectivity index (χ4n) is 2.14. The third-order valence-corrected chi connectivity index (χ3v) is 3.25. The Labute approximate surface area is 105 Å². The summed E-state index contributed by atoms with van der Waals surface area (Å²) in [4.78, 5) is 11.3. The minimum Gasteiger partial charge on any atom is -0.463 e. The van der Waals surface area contributed by atoms with Gasteiger partial charge in [0.2, 0.25) is 0 Å². The predicted octanol–water partition coefficient (Wildman–Crippen LogP) is 3.46. The van der Waals surface area contributed by atoms with Crippen LogP contribution < -0.4 is 0 Å². The highest BCUT2D eigenvalue weighted by molar-refractivity contribution is 5.69. The normalized spacial score (nSPS) is 24.7. The van der Waals surface area contributed by atoms with Gasteiger partial charge in [0, 0.05) is 6.42 Å². The van der Waals surface area contributed by atoms with Crippen LogP contribution in [0.4, 0.5) is 0 Å². The minimum atomic E-state index is -0.0868. The summed E-state index contributed by atoms with van der Waals surface area (Å²) in [5, 5.41) is 0. The number of carbonyl (C=O) groups is 1. The van der Waals surface area contributed by atoms with Gasteiger partial charge in [-0.2, -0.15) is 0 Å². The molecule has 0 aliphatic carbocycles. The van der Waals surface area contributed by atoms with Crippen molar-refractivity contribution in [2.45, 2.75) is 70.8 Å². The molecular formula is C14H26O3. The first kappa shape index (κ1) is 14.5. The molecule has 0 radical (unpaired) electrons. The van der Waals surface area contributed by atoms with Gasteiger partial charge in [0.05, 0.1) is 12.2 Å². The molecule has 1 aliphatic heterocycles. The Balaban J connectivity index is 2.32. The molecule has 1 aliphatic rings. The number of hydrogen-bond acceptors (Lipinski definition) is 3. The Bertz CT molecular complexity index is 224. The fourth-order valence-corrected chi connectivity index (χ4v) is 2.14. The van der Waals surface area contributed by atoms with Crippen LogP contribution in [-0.4, -0.2) is 24.8 Å². The molecule has 0 bridgehead atoms. The van der Waals surface area contributed by atoms with Crippen LogP contribution in [0.5, 0.6) is 0 Å². The van der Waals surface area contributed by atoms with E-state index in [2.05, 4.69) is 13.8 Å². The number of cyclic esters (lactones) is 1. The molecule has 1 fully saturated rings. The molecule has 100 valence electrons. The zero-order chi connectivity index (χ0) is 12.6. The first-order valence-electron chi connectivity index (χ1n) is 6.90. The van der Waals surface area contributed by atoms with E-state index in [9.17, 15) is 4.79 Å². The molecular weight excluding hydrogens is 216 g/mol. The second-order valence-corrected chi connectivity index (χ2v) is 5.45. The smallest absolute Gasteiger partial charge is 0.305 e. The molecule has 3 heteroatoms. The quantitative estimate of drug-likeness (QED) is 0.610. The number of ether oxygens (including phenoxy) is 2. The van der Waals surface area contributed by atoms with Crippen LogP contribution in [0.3, 0.4) is 0 Å². The number of carbonyl (C=O) groups excluding carboxylic acids is 1. The van der Waals surface area contributed by atoms with Crippen LogP contribution >= 0.6 is 0 Å². The first-order valence-corrected chi connectivity index (χ1v) is 6.90. The lowest BCUT2D eigenvalue weighted by Gasteiger charge is -2.25. The molecule has 3 nitrogen and oxygen atoms in total. The van der Waals surface area contributed by atoms with Gasteiger partial charge in [-0.1, -0.05) is 32.1 Å². The second-order valence-electron chi connectivity index (χ2n) is 5.45. The lowest BCUT2D eigenvalue weighted by molar-refractivity contribution is -0.147. The molecule has 0 aromatic rings. The van der Waals surface area contributed by atoms with Gasteiger partial charge in [-0.25, -0.2) is 0 Å². The molecule has 17 heavy (non-hydrogen) atoms. The van der Waals surface area contributed by atoms with E-state index in [4.69, 9.17) is 9.47 Å². The lowest BCUT2D eigenvalue weighted by Crippen LogP contribution is -2.26. The highest BCUT2D eigenvalue weighted by Gasteiger charge is 2.18. The number of esters is 1. The summed E-state index contributed by atoms with van der Waals surface area (Å²) in [6, 6.07) is 0. The van der Waals surface area contributed by atoms with Crippen molar-refractivity contribution >= 4 is 5.97 Å². The topological polar surface area (TPSA) is 35.5 Å². The Morgan fingerprint density at radius 1 is 0.941 bits per heavy atom. The van der Waals surface area contributed by atoms with Gasteiger partial charge in [0.15, 0.2) is 0 Å². The molecule has 0 atom stereocenters. The van der Waals surface area contributed by atoms with E-state index < -0.39 is 0 Å². The van der Waals surface area contributed by atoms with Crippen molar-refractivity contribution in [3.63, 3.8) is 0 Å². The molecule has 1 rings (SSSR count). The maximum Gasteiger partial charge on any atom is 0.305 e. The van der Waals surface area contributed by atoms with Gasteiger partial charge in [0.25, 0.3) is 0 Å². The fraction of sp³-hybridized carbons (Fsp3) is 0.929. The summed E-state index contributed by atoms with van der Waals surface area (Å²) >= 11 is 0. The minimum absolute atomic E-state index is 0.0801. The summed E-state index contributed by atoms with van der Waals surface area (Å²) in [5.41, 5.74) is -0.0868. The molecule has 0 aromatic heterocycles. The third-order valence-electron chi connectivity index (χ3n) is 3.25. The van der Waals surface area contributed by atoms with Gasteiger partial charge >= 0.3 is 5.97 Å². The van der Waals surface area contributed by atoms with E-state index in [1.165, 1.54) is 25.7 Å². The van der Waals surface area contributed by atoms with Gasteiger partial charge in [-0.3, -0.25) is 4.79 Å². The van der Waals surface area contributed by atoms with Gasteiger partial charge in [-0.05, 0) is 26.7 Å². The highest BCUT2D eigenvalue weighted by Crippen LogP contribution is 2.19. The monoisotopic (exact) mass is 242 g/mol. The first-order chi connectivity index (χ1) is 8.10. The molecule has 1 saturated heterocycles. The molecule has 0 saturated carbocycles. The summed E-state index contributed by atoms with van der Waals surface area (Å²) in [7, 11) is 0. The SMILES string of the molecule is CC1(C)CCCCCCCCC(=O)OCCO1. The lowest BCUT2D eigenvalue weighted by atomic mass is 9.99. The zero-order valence-electron chi connectivity index (χ0n) is 11.3. The Hall–Kier alpha value is -0.570. The summed E-state index contributed by atoms with van der Waals surface area (Å²) in [6.45, 7) is 5.13. The van der Waals surface area contributed by atoms with Crippen LogP contribution in [0.15, 0.2) is 0 Å². The van der Waals surface area contributed by atoms with E-state index in [0.29, 0.717) is 19.6 Å². The van der Waals surface area contributed by atoms with Gasteiger partial charge < -0.3 is 9.47 Å². The van der Waals surface area contributed by atoms with Gasteiger partial charge in [0.1, 0.15) is 6.61 Å². The van der Waals surface area contributed by atoms with Crippen LogP contribution in [0, 0.1) is 0 Å². The van der Waals surface area contributed by atoms with Crippen LogP contribution in [0.25, 0.3) is 0 Å². The predicted molar refractivity (Wildman–Crippen MR) is 67.9 cm³/mol. The Kier molecular flexibility index (Phi) is 6.56. The summed E-state index contributed by atoms with van der Waals surface area (Å²) in [5.74, 6) is -0.0801. The van der Waals surface area contributed by atoms with Crippen LogP contribution in [0.1, 0.15) is 65.2 Å². The van der Waals surface area contributed by atoms with E-state index >= 15 is 0 Å². The summed E-state index contributed by atoms with van der Waals surface area (Å²) in [6.07, 6.45) is 8.76. The number of rotatable bonds is 0. The van der Waals surface area contributed by atoms with Gasteiger partial charge in [-0.15, -0.1) is 0 Å². The molecule has 0 spiro atoms. The van der Waals surface area contributed by atoms with Crippen molar-refractivity contribution in [2.75, 3.05) is 13.2 Å². The van der Waals surface area contributed by atoms with Crippen molar-refractivity contribution in [2.24, 2.45) is 0 Å². The molecule has 0 N–H and O–H groups in total. The van der Waals surface area contributed by atoms with Crippen molar-refractivity contribution in [1.29, 1.82) is 0 Å². The maximum absolute atomic E-state index is 11.3. The Morgan fingerprint density at radius 2 is 1.59 bits per heavy atom. The molecule has 0 aromatic carbocycles. The van der Waals surface area contributed by atoms with E-state index in [1.807, 2.05) is 0 Å². The van der Waals surface area contributed by atoms with Crippen molar-refractivity contribution < 1.29 is 14.3 Å². The van der Waals surface area contributed by atoms with Crippen molar-refractivity contribution in [3.8, 4) is 0 Å². The third kappa shape index (κ3) is 7.37. The average molecular weight is 242 g/mol. The number of hydrogen-bond donors (Lipinski definition) is 0. The molecule has 0 amide bonds. The molecule has 0 unspecified atom stereocenters. The van der Waals surface area contributed by atoms with Crippen molar-refractivity contribution in [3.05, 3.63) is 0 Å². The maximum atomic E-state index is 11.3. The standard InChI is InChI=1S/C14H26O3/c1-14(2)10-8-6-4-3-5-7-9-13(15)16-11-12-17-14/h3-12H2,1-2H3. The van der Waals surface area contributed by atoms with E-state index in [0.717, 1.165) is 19.3 Å². The average Bonchev–Trinajstić information content (AvgIpc) is 2.27. The van der Waals surface area contributed by atoms with Crippen molar-refractivity contribution in [1.82, 2.24) is 0 Å². The largest absolute Gasteiger partial charge is 0.463 e. The van der Waals surface area contributed by atoms with Crippen LogP contribution in [0.2, 0.25) is 0 Å². The zero-order valence-corrected chi connectivity index (χ0v) is 11.3. The van der Waals surface area contributed by atoms with E-state index in [1.54, 1.807) is 0 Å². The second kappa shape index (κ2) is 7.70. The highest BCUT2D eigenvalue weighted by atomic mass is 16.6. The van der Waals surface area contributed by atoms with Crippen LogP contribution in [-0.2, 0) is 14.3 Å². The molecule has 1 heterocycles.